The minimum atomic E-state index is 0.439. The summed E-state index contributed by atoms with van der Waals surface area (Å²) in [6.45, 7) is 1.85. The Morgan fingerprint density at radius 2 is 2.10 bits per heavy atom. The molecule has 4 heteroatoms. The molecular weight excluding hydrogens is 262 g/mol. The molecule has 0 saturated carbocycles. The minimum Gasteiger partial charge on any atom is -0.496 e. The molecule has 1 atom stereocenters. The van der Waals surface area contributed by atoms with Gasteiger partial charge in [-0.3, -0.25) is 0 Å². The monoisotopic (exact) mass is 279 g/mol. The zero-order chi connectivity index (χ0) is 14.7. The largest absolute Gasteiger partial charge is 0.496 e. The van der Waals surface area contributed by atoms with Crippen LogP contribution >= 0.6 is 0 Å². The number of benzene rings is 1. The smallest absolute Gasteiger partial charge is 0.142 e. The van der Waals surface area contributed by atoms with E-state index in [2.05, 4.69) is 28.1 Å². The fraction of sp³-hybridized carbons (Fsp3) is 0.294. The van der Waals surface area contributed by atoms with Crippen molar-refractivity contribution in [1.29, 1.82) is 5.26 Å². The normalized spacial score (nSPS) is 17.5. The lowest BCUT2D eigenvalue weighted by Crippen LogP contribution is -2.20. The van der Waals surface area contributed by atoms with Gasteiger partial charge >= 0.3 is 0 Å². The highest BCUT2D eigenvalue weighted by atomic mass is 16.5. The molecule has 1 aromatic heterocycles. The zero-order valence-electron chi connectivity index (χ0n) is 12.0. The predicted molar refractivity (Wildman–Crippen MR) is 81.5 cm³/mol. The number of ether oxygens (including phenoxy) is 1. The van der Waals surface area contributed by atoms with Gasteiger partial charge in [0.1, 0.15) is 23.3 Å². The minimum absolute atomic E-state index is 0.439. The van der Waals surface area contributed by atoms with Gasteiger partial charge in [0.05, 0.1) is 7.11 Å². The molecule has 0 amide bonds. The molecule has 0 N–H and O–H groups in total. The number of nitriles is 1. The highest BCUT2D eigenvalue weighted by molar-refractivity contribution is 5.46. The molecule has 1 unspecified atom stereocenters. The van der Waals surface area contributed by atoms with Crippen molar-refractivity contribution in [3.05, 3.63) is 53.7 Å². The van der Waals surface area contributed by atoms with Crippen molar-refractivity contribution >= 4 is 5.82 Å². The van der Waals surface area contributed by atoms with Gasteiger partial charge in [-0.1, -0.05) is 24.3 Å². The van der Waals surface area contributed by atoms with Gasteiger partial charge in [-0.25, -0.2) is 4.98 Å². The SMILES string of the molecule is COc1ccccc1C1CCN(c2cccc(C#N)n2)C1. The topological polar surface area (TPSA) is 49.1 Å². The summed E-state index contributed by atoms with van der Waals surface area (Å²) in [7, 11) is 1.71. The van der Waals surface area contributed by atoms with E-state index in [4.69, 9.17) is 10.00 Å². The molecule has 1 fully saturated rings. The molecule has 0 spiro atoms. The summed E-state index contributed by atoms with van der Waals surface area (Å²) in [6, 6.07) is 15.9. The van der Waals surface area contributed by atoms with E-state index in [0.717, 1.165) is 31.1 Å². The van der Waals surface area contributed by atoms with E-state index in [0.29, 0.717) is 11.6 Å². The highest BCUT2D eigenvalue weighted by Gasteiger charge is 2.26. The predicted octanol–water partition coefficient (Wildman–Crippen LogP) is 2.96. The van der Waals surface area contributed by atoms with E-state index in [1.165, 1.54) is 5.56 Å². The van der Waals surface area contributed by atoms with Crippen LogP contribution in [0, 0.1) is 11.3 Å². The molecule has 21 heavy (non-hydrogen) atoms. The van der Waals surface area contributed by atoms with Crippen molar-refractivity contribution in [2.75, 3.05) is 25.1 Å². The molecule has 3 rings (SSSR count). The van der Waals surface area contributed by atoms with Crippen LogP contribution in [-0.4, -0.2) is 25.2 Å². The van der Waals surface area contributed by atoms with Crippen LogP contribution < -0.4 is 9.64 Å². The summed E-state index contributed by atoms with van der Waals surface area (Å²) >= 11 is 0. The first-order valence-electron chi connectivity index (χ1n) is 7.07. The Morgan fingerprint density at radius 3 is 2.90 bits per heavy atom. The lowest BCUT2D eigenvalue weighted by Gasteiger charge is -2.18. The summed E-state index contributed by atoms with van der Waals surface area (Å²) in [5, 5.41) is 8.96. The second-order valence-corrected chi connectivity index (χ2v) is 5.17. The van der Waals surface area contributed by atoms with Crippen LogP contribution in [-0.2, 0) is 0 Å². The lowest BCUT2D eigenvalue weighted by atomic mass is 9.97. The first kappa shape index (κ1) is 13.4. The van der Waals surface area contributed by atoms with Gasteiger partial charge in [0.25, 0.3) is 0 Å². The number of hydrogen-bond donors (Lipinski definition) is 0. The molecule has 1 saturated heterocycles. The molecule has 1 aliphatic heterocycles. The van der Waals surface area contributed by atoms with Crippen LogP contribution in [0.15, 0.2) is 42.5 Å². The van der Waals surface area contributed by atoms with E-state index < -0.39 is 0 Å². The average Bonchev–Trinajstić information content (AvgIpc) is 3.04. The number of aromatic nitrogens is 1. The van der Waals surface area contributed by atoms with Crippen molar-refractivity contribution in [2.45, 2.75) is 12.3 Å². The third kappa shape index (κ3) is 2.68. The van der Waals surface area contributed by atoms with Crippen LogP contribution in [0.4, 0.5) is 5.82 Å². The average molecular weight is 279 g/mol. The second kappa shape index (κ2) is 5.84. The van der Waals surface area contributed by atoms with Crippen molar-refractivity contribution in [3.63, 3.8) is 0 Å². The lowest BCUT2D eigenvalue weighted by molar-refractivity contribution is 0.406. The maximum Gasteiger partial charge on any atom is 0.142 e. The van der Waals surface area contributed by atoms with Gasteiger partial charge in [-0.15, -0.1) is 0 Å². The van der Waals surface area contributed by atoms with Crippen LogP contribution in [0.5, 0.6) is 5.75 Å². The van der Waals surface area contributed by atoms with Gasteiger partial charge in [0.15, 0.2) is 0 Å². The fourth-order valence-electron chi connectivity index (χ4n) is 2.89. The van der Waals surface area contributed by atoms with Gasteiger partial charge in [0.2, 0.25) is 0 Å². The Labute approximate surface area is 124 Å². The molecule has 0 aliphatic carbocycles. The Balaban J connectivity index is 1.80. The molecule has 0 bridgehead atoms. The van der Waals surface area contributed by atoms with Crippen molar-refractivity contribution < 1.29 is 4.74 Å². The van der Waals surface area contributed by atoms with Gasteiger partial charge in [0, 0.05) is 19.0 Å². The molecule has 2 heterocycles. The van der Waals surface area contributed by atoms with E-state index in [-0.39, 0.29) is 0 Å². The summed E-state index contributed by atoms with van der Waals surface area (Å²) in [5.74, 6) is 2.27. The number of nitrogens with zero attached hydrogens (tertiary/aromatic N) is 3. The van der Waals surface area contributed by atoms with E-state index >= 15 is 0 Å². The summed E-state index contributed by atoms with van der Waals surface area (Å²) < 4.78 is 5.46. The second-order valence-electron chi connectivity index (χ2n) is 5.17. The molecular formula is C17H17N3O. The maximum absolute atomic E-state index is 8.96. The number of methoxy groups -OCH3 is 1. The van der Waals surface area contributed by atoms with Crippen LogP contribution in [0.2, 0.25) is 0 Å². The summed E-state index contributed by atoms with van der Waals surface area (Å²) in [4.78, 5) is 6.61. The van der Waals surface area contributed by atoms with Gasteiger partial charge < -0.3 is 9.64 Å². The van der Waals surface area contributed by atoms with Crippen molar-refractivity contribution in [3.8, 4) is 11.8 Å². The number of rotatable bonds is 3. The first-order chi connectivity index (χ1) is 10.3. The van der Waals surface area contributed by atoms with Crippen molar-refractivity contribution in [2.24, 2.45) is 0 Å². The third-order valence-electron chi connectivity index (χ3n) is 3.94. The van der Waals surface area contributed by atoms with Crippen LogP contribution in [0.3, 0.4) is 0 Å². The Kier molecular flexibility index (Phi) is 3.74. The fourth-order valence-corrected chi connectivity index (χ4v) is 2.89. The highest BCUT2D eigenvalue weighted by Crippen LogP contribution is 2.34. The third-order valence-corrected chi connectivity index (χ3v) is 3.94. The Morgan fingerprint density at radius 1 is 1.24 bits per heavy atom. The van der Waals surface area contributed by atoms with Crippen LogP contribution in [0.1, 0.15) is 23.6 Å². The Hall–Kier alpha value is -2.54. The van der Waals surface area contributed by atoms with E-state index in [1.807, 2.05) is 24.3 Å². The van der Waals surface area contributed by atoms with Crippen molar-refractivity contribution in [1.82, 2.24) is 4.98 Å². The quantitative estimate of drug-likeness (QED) is 0.866. The summed E-state index contributed by atoms with van der Waals surface area (Å²) in [6.07, 6.45) is 1.07. The number of para-hydroxylation sites is 1. The van der Waals surface area contributed by atoms with Gasteiger partial charge in [-0.2, -0.15) is 5.26 Å². The first-order valence-corrected chi connectivity index (χ1v) is 7.07. The maximum atomic E-state index is 8.96. The molecule has 1 aliphatic rings. The number of hydrogen-bond acceptors (Lipinski definition) is 4. The number of anilines is 1. The molecule has 2 aromatic rings. The zero-order valence-corrected chi connectivity index (χ0v) is 12.0. The number of pyridine rings is 1. The van der Waals surface area contributed by atoms with E-state index in [1.54, 1.807) is 13.2 Å². The molecule has 106 valence electrons. The molecule has 1 aromatic carbocycles. The summed E-state index contributed by atoms with van der Waals surface area (Å²) in [5.41, 5.74) is 1.71. The standard InChI is InChI=1S/C17H17N3O/c1-21-16-7-3-2-6-15(16)13-9-10-20(12-13)17-8-4-5-14(11-18)19-17/h2-8,13H,9-10,12H2,1H3. The van der Waals surface area contributed by atoms with E-state index in [9.17, 15) is 0 Å². The van der Waals surface area contributed by atoms with Crippen LogP contribution in [0.25, 0.3) is 0 Å². The molecule has 4 nitrogen and oxygen atoms in total. The molecule has 0 radical (unpaired) electrons. The van der Waals surface area contributed by atoms with Gasteiger partial charge in [-0.05, 0) is 30.2 Å². The Bertz CT molecular complexity index is 678.